The minimum Gasteiger partial charge on any atom is -0.491 e. The fourth-order valence-corrected chi connectivity index (χ4v) is 1.59. The zero-order valence-corrected chi connectivity index (χ0v) is 10.4. The highest BCUT2D eigenvalue weighted by molar-refractivity contribution is 5.31. The Kier molecular flexibility index (Phi) is 4.30. The largest absolute Gasteiger partial charge is 0.491 e. The van der Waals surface area contributed by atoms with Crippen LogP contribution in [0.4, 0.5) is 4.39 Å². The van der Waals surface area contributed by atoms with E-state index in [1.54, 1.807) is 26.1 Å². The number of nitrogens with one attached hydrogen (secondary N) is 1. The van der Waals surface area contributed by atoms with Gasteiger partial charge in [0.2, 0.25) is 0 Å². The summed E-state index contributed by atoms with van der Waals surface area (Å²) >= 11 is 0. The molecule has 0 aromatic heterocycles. The summed E-state index contributed by atoms with van der Waals surface area (Å²) in [6.45, 7) is 5.81. The highest BCUT2D eigenvalue weighted by Crippen LogP contribution is 2.26. The predicted octanol–water partition coefficient (Wildman–Crippen LogP) is 2.88. The molecule has 1 aromatic carbocycles. The molecule has 16 heavy (non-hydrogen) atoms. The van der Waals surface area contributed by atoms with Gasteiger partial charge in [0, 0.05) is 6.54 Å². The Morgan fingerprint density at radius 3 is 2.31 bits per heavy atom. The number of benzene rings is 1. The van der Waals surface area contributed by atoms with Crippen molar-refractivity contribution in [1.29, 1.82) is 0 Å². The third kappa shape index (κ3) is 3.49. The first-order valence-corrected chi connectivity index (χ1v) is 5.56. The van der Waals surface area contributed by atoms with Gasteiger partial charge in [-0.1, -0.05) is 12.1 Å². The molecule has 0 spiro atoms. The van der Waals surface area contributed by atoms with Gasteiger partial charge in [-0.25, -0.2) is 4.39 Å². The molecular weight excluding hydrogens is 205 g/mol. The van der Waals surface area contributed by atoms with Gasteiger partial charge in [0.15, 0.2) is 0 Å². The summed E-state index contributed by atoms with van der Waals surface area (Å²) in [7, 11) is 1.74. The molecule has 0 saturated carbocycles. The molecule has 1 rings (SSSR count). The summed E-state index contributed by atoms with van der Waals surface area (Å²) in [5.41, 5.74) is -0.677. The molecule has 2 nitrogen and oxygen atoms in total. The van der Waals surface area contributed by atoms with Crippen LogP contribution in [-0.2, 0) is 5.67 Å². The first-order chi connectivity index (χ1) is 7.45. The summed E-state index contributed by atoms with van der Waals surface area (Å²) in [5.74, 6) is 0.777. The maximum absolute atomic E-state index is 14.1. The Balaban J connectivity index is 2.78. The first-order valence-electron chi connectivity index (χ1n) is 5.56. The third-order valence-electron chi connectivity index (χ3n) is 2.34. The van der Waals surface area contributed by atoms with E-state index in [2.05, 4.69) is 5.32 Å². The van der Waals surface area contributed by atoms with Crippen molar-refractivity contribution in [3.8, 4) is 5.75 Å². The average Bonchev–Trinajstić information content (AvgIpc) is 2.17. The molecule has 1 N–H and O–H groups in total. The number of hydrogen-bond acceptors (Lipinski definition) is 2. The maximum atomic E-state index is 14.1. The molecule has 0 heterocycles. The van der Waals surface area contributed by atoms with Gasteiger partial charge in [0.1, 0.15) is 11.4 Å². The van der Waals surface area contributed by atoms with Crippen molar-refractivity contribution in [1.82, 2.24) is 5.32 Å². The number of ether oxygens (including phenoxy) is 1. The van der Waals surface area contributed by atoms with Gasteiger partial charge in [0.25, 0.3) is 0 Å². The summed E-state index contributed by atoms with van der Waals surface area (Å²) in [6.07, 6.45) is 0.139. The second kappa shape index (κ2) is 5.30. The lowest BCUT2D eigenvalue weighted by molar-refractivity contribution is 0.190. The van der Waals surface area contributed by atoms with Crippen molar-refractivity contribution in [3.63, 3.8) is 0 Å². The molecule has 1 unspecified atom stereocenters. The van der Waals surface area contributed by atoms with Crippen molar-refractivity contribution < 1.29 is 9.13 Å². The van der Waals surface area contributed by atoms with Crippen LogP contribution in [0, 0.1) is 0 Å². The Morgan fingerprint density at radius 1 is 1.31 bits per heavy atom. The van der Waals surface area contributed by atoms with Gasteiger partial charge in [-0.3, -0.25) is 0 Å². The van der Waals surface area contributed by atoms with Crippen molar-refractivity contribution in [2.24, 2.45) is 0 Å². The van der Waals surface area contributed by atoms with Gasteiger partial charge in [-0.2, -0.15) is 0 Å². The number of alkyl halides is 1. The molecule has 0 aliphatic rings. The van der Waals surface area contributed by atoms with Gasteiger partial charge in [0.05, 0.1) is 6.10 Å². The SMILES string of the molecule is CNCC(C)(F)c1ccc(OC(C)C)cc1. The molecule has 1 aromatic rings. The predicted molar refractivity (Wildman–Crippen MR) is 64.6 cm³/mol. The van der Waals surface area contributed by atoms with Crippen molar-refractivity contribution in [2.45, 2.75) is 32.5 Å². The molecule has 3 heteroatoms. The average molecular weight is 225 g/mol. The van der Waals surface area contributed by atoms with Crippen molar-refractivity contribution in [2.75, 3.05) is 13.6 Å². The standard InChI is InChI=1S/C13H20FNO/c1-10(2)16-12-7-5-11(6-8-12)13(3,14)9-15-4/h5-8,10,15H,9H2,1-4H3. The second-order valence-corrected chi connectivity index (χ2v) is 4.42. The van der Waals surface area contributed by atoms with E-state index in [4.69, 9.17) is 4.74 Å². The number of likely N-dealkylation sites (N-methyl/N-ethyl adjacent to an activating group) is 1. The van der Waals surface area contributed by atoms with E-state index in [0.717, 1.165) is 5.75 Å². The Bertz CT molecular complexity index is 319. The Morgan fingerprint density at radius 2 is 1.88 bits per heavy atom. The summed E-state index contributed by atoms with van der Waals surface area (Å²) in [6, 6.07) is 7.16. The van der Waals surface area contributed by atoms with Crippen LogP contribution in [0.15, 0.2) is 24.3 Å². The summed E-state index contributed by atoms with van der Waals surface area (Å²) in [4.78, 5) is 0. The van der Waals surface area contributed by atoms with Crippen LogP contribution in [-0.4, -0.2) is 19.7 Å². The second-order valence-electron chi connectivity index (χ2n) is 4.42. The van der Waals surface area contributed by atoms with E-state index in [0.29, 0.717) is 12.1 Å². The molecule has 0 amide bonds. The normalized spacial score (nSPS) is 14.9. The fourth-order valence-electron chi connectivity index (χ4n) is 1.59. The Hall–Kier alpha value is -1.09. The highest BCUT2D eigenvalue weighted by atomic mass is 19.1. The van der Waals surface area contributed by atoms with E-state index < -0.39 is 5.67 Å². The first kappa shape index (κ1) is 13.0. The van der Waals surface area contributed by atoms with Crippen LogP contribution < -0.4 is 10.1 Å². The lowest BCUT2D eigenvalue weighted by atomic mass is 9.98. The quantitative estimate of drug-likeness (QED) is 0.832. The minimum atomic E-state index is -1.34. The van der Waals surface area contributed by atoms with Crippen molar-refractivity contribution >= 4 is 0 Å². The molecule has 1 atom stereocenters. The van der Waals surface area contributed by atoms with Crippen LogP contribution in [0.1, 0.15) is 26.3 Å². The molecule has 0 fully saturated rings. The Labute approximate surface area is 96.8 Å². The van der Waals surface area contributed by atoms with E-state index in [1.165, 1.54) is 0 Å². The molecular formula is C13H20FNO. The molecule has 0 aliphatic carbocycles. The number of hydrogen-bond donors (Lipinski definition) is 1. The van der Waals surface area contributed by atoms with E-state index in [9.17, 15) is 4.39 Å². The summed E-state index contributed by atoms with van der Waals surface area (Å²) < 4.78 is 19.6. The van der Waals surface area contributed by atoms with Crippen LogP contribution in [0.2, 0.25) is 0 Å². The van der Waals surface area contributed by atoms with Crippen LogP contribution in [0.5, 0.6) is 5.75 Å². The van der Waals surface area contributed by atoms with Crippen LogP contribution in [0.3, 0.4) is 0 Å². The zero-order chi connectivity index (χ0) is 12.2. The van der Waals surface area contributed by atoms with Crippen LogP contribution in [0.25, 0.3) is 0 Å². The van der Waals surface area contributed by atoms with Crippen LogP contribution >= 0.6 is 0 Å². The fraction of sp³-hybridized carbons (Fsp3) is 0.538. The third-order valence-corrected chi connectivity index (χ3v) is 2.34. The smallest absolute Gasteiger partial charge is 0.145 e. The van der Waals surface area contributed by atoms with Gasteiger partial charge in [-0.05, 0) is 45.5 Å². The maximum Gasteiger partial charge on any atom is 0.145 e. The highest BCUT2D eigenvalue weighted by Gasteiger charge is 2.24. The van der Waals surface area contributed by atoms with E-state index in [-0.39, 0.29) is 6.10 Å². The molecule has 0 radical (unpaired) electrons. The molecule has 0 aliphatic heterocycles. The van der Waals surface area contributed by atoms with Gasteiger partial charge < -0.3 is 10.1 Å². The number of halogens is 1. The van der Waals surface area contributed by atoms with E-state index in [1.807, 2.05) is 26.0 Å². The monoisotopic (exact) mass is 225 g/mol. The minimum absolute atomic E-state index is 0.139. The van der Waals surface area contributed by atoms with Crippen molar-refractivity contribution in [3.05, 3.63) is 29.8 Å². The number of rotatable bonds is 5. The topological polar surface area (TPSA) is 21.3 Å². The zero-order valence-electron chi connectivity index (χ0n) is 10.4. The summed E-state index contributed by atoms with van der Waals surface area (Å²) in [5, 5.41) is 2.85. The molecule has 0 bridgehead atoms. The lowest BCUT2D eigenvalue weighted by Crippen LogP contribution is -2.29. The molecule has 90 valence electrons. The molecule has 0 saturated heterocycles. The van der Waals surface area contributed by atoms with Gasteiger partial charge in [-0.15, -0.1) is 0 Å². The lowest BCUT2D eigenvalue weighted by Gasteiger charge is -2.21. The van der Waals surface area contributed by atoms with E-state index >= 15 is 0 Å². The van der Waals surface area contributed by atoms with Gasteiger partial charge >= 0.3 is 0 Å².